The van der Waals surface area contributed by atoms with Crippen LogP contribution in [0.3, 0.4) is 0 Å². The number of nitrogens with zero attached hydrogens (tertiary/aromatic N) is 2. The van der Waals surface area contributed by atoms with Crippen molar-refractivity contribution in [3.8, 4) is 12.5 Å². The summed E-state index contributed by atoms with van der Waals surface area (Å²) in [6, 6.07) is 4.47. The lowest BCUT2D eigenvalue weighted by atomic mass is 9.87. The Kier molecular flexibility index (Phi) is 10.7. The van der Waals surface area contributed by atoms with Crippen molar-refractivity contribution in [3.05, 3.63) is 0 Å². The molecule has 0 aromatic heterocycles. The molecule has 0 saturated carbocycles. The monoisotopic (exact) mass is 322 g/mol. The predicted molar refractivity (Wildman–Crippen MR) is 105 cm³/mol. The molecule has 0 heterocycles. The largest absolute Gasteiger partial charge is 0.333 e. The van der Waals surface area contributed by atoms with Crippen molar-refractivity contribution >= 4 is 0 Å². The van der Waals surface area contributed by atoms with Gasteiger partial charge in [0.1, 0.15) is 0 Å². The fourth-order valence-corrected chi connectivity index (χ4v) is 4.08. The molecule has 2 nitrogen and oxygen atoms in total. The van der Waals surface area contributed by atoms with Crippen molar-refractivity contribution in [2.24, 2.45) is 0 Å². The molecule has 0 radical (unpaired) electrons. The van der Waals surface area contributed by atoms with Gasteiger partial charge in [-0.05, 0) is 53.4 Å². The van der Waals surface area contributed by atoms with E-state index < -0.39 is 0 Å². The quantitative estimate of drug-likeness (QED) is 0.344. The molecule has 0 aromatic carbocycles. The Labute approximate surface area is 147 Å². The van der Waals surface area contributed by atoms with E-state index in [2.05, 4.69) is 59.4 Å². The van der Waals surface area contributed by atoms with Gasteiger partial charge in [-0.15, -0.1) is 0 Å². The van der Waals surface area contributed by atoms with Crippen molar-refractivity contribution in [1.29, 1.82) is 0 Å². The second kappa shape index (κ2) is 11.0. The standard InChI is InChI=1S/C21H42N2/c1-10-14-16-20(12-3)23(18(5)15-11-2)21(7,8)17-19(6)22(9)13-4/h4,18-20H,10-12,14-17H2,1-3,5-9H3. The zero-order valence-electron chi connectivity index (χ0n) is 17.2. The third-order valence-electron chi connectivity index (χ3n) is 5.30. The third kappa shape index (κ3) is 7.17. The van der Waals surface area contributed by atoms with Crippen LogP contribution in [0.5, 0.6) is 0 Å². The van der Waals surface area contributed by atoms with E-state index in [1.165, 1.54) is 38.5 Å². The highest BCUT2D eigenvalue weighted by atomic mass is 15.2. The van der Waals surface area contributed by atoms with Gasteiger partial charge in [-0.3, -0.25) is 4.90 Å². The van der Waals surface area contributed by atoms with Crippen molar-refractivity contribution < 1.29 is 0 Å². The predicted octanol–water partition coefficient (Wildman–Crippen LogP) is 5.53. The smallest absolute Gasteiger partial charge is 0.0357 e. The number of terminal acetylenes is 1. The van der Waals surface area contributed by atoms with Crippen LogP contribution in [0.2, 0.25) is 0 Å². The molecule has 0 aliphatic heterocycles. The van der Waals surface area contributed by atoms with Crippen molar-refractivity contribution in [1.82, 2.24) is 9.80 Å². The summed E-state index contributed by atoms with van der Waals surface area (Å²) in [5.41, 5.74) is 0.160. The van der Waals surface area contributed by atoms with E-state index in [0.717, 1.165) is 6.42 Å². The molecule has 0 saturated heterocycles. The van der Waals surface area contributed by atoms with Gasteiger partial charge in [0.05, 0.1) is 0 Å². The van der Waals surface area contributed by atoms with Crippen LogP contribution in [0.15, 0.2) is 0 Å². The average molecular weight is 323 g/mol. The molecule has 2 heteroatoms. The minimum Gasteiger partial charge on any atom is -0.333 e. The third-order valence-corrected chi connectivity index (χ3v) is 5.30. The molecular formula is C21H42N2. The molecule has 0 rings (SSSR count). The Hall–Kier alpha value is -0.680. The Morgan fingerprint density at radius 3 is 2.04 bits per heavy atom. The van der Waals surface area contributed by atoms with Crippen LogP contribution in [0.1, 0.15) is 93.4 Å². The number of unbranched alkanes of at least 4 members (excludes halogenated alkanes) is 1. The molecule has 0 fully saturated rings. The topological polar surface area (TPSA) is 6.48 Å². The first kappa shape index (κ1) is 22.3. The van der Waals surface area contributed by atoms with Gasteiger partial charge in [-0.1, -0.05) is 46.5 Å². The second-order valence-corrected chi connectivity index (χ2v) is 7.85. The summed E-state index contributed by atoms with van der Waals surface area (Å²) < 4.78 is 0. The van der Waals surface area contributed by atoms with Crippen LogP contribution in [0.25, 0.3) is 0 Å². The molecule has 0 amide bonds. The van der Waals surface area contributed by atoms with Crippen LogP contribution in [0, 0.1) is 12.5 Å². The van der Waals surface area contributed by atoms with Gasteiger partial charge in [-0.25, -0.2) is 0 Å². The first-order valence-corrected chi connectivity index (χ1v) is 9.72. The van der Waals surface area contributed by atoms with E-state index >= 15 is 0 Å². The van der Waals surface area contributed by atoms with Crippen LogP contribution in [0.4, 0.5) is 0 Å². The fourth-order valence-electron chi connectivity index (χ4n) is 4.08. The minimum absolute atomic E-state index is 0.160. The molecule has 0 N–H and O–H groups in total. The van der Waals surface area contributed by atoms with Crippen LogP contribution in [-0.2, 0) is 0 Å². The summed E-state index contributed by atoms with van der Waals surface area (Å²) in [5.74, 6) is 0. The second-order valence-electron chi connectivity index (χ2n) is 7.85. The van der Waals surface area contributed by atoms with E-state index in [-0.39, 0.29) is 5.54 Å². The molecule has 0 aromatic rings. The van der Waals surface area contributed by atoms with Gasteiger partial charge in [0.2, 0.25) is 0 Å². The van der Waals surface area contributed by atoms with Gasteiger partial charge in [0, 0.05) is 36.8 Å². The number of hydrogen-bond donors (Lipinski definition) is 0. The lowest BCUT2D eigenvalue weighted by molar-refractivity contribution is 0.00361. The Balaban J connectivity index is 5.32. The van der Waals surface area contributed by atoms with Crippen LogP contribution in [-0.4, -0.2) is 40.5 Å². The first-order chi connectivity index (χ1) is 10.7. The molecule has 136 valence electrons. The zero-order valence-corrected chi connectivity index (χ0v) is 17.2. The van der Waals surface area contributed by atoms with E-state index in [1.807, 2.05) is 11.9 Å². The Bertz CT molecular complexity index is 342. The van der Waals surface area contributed by atoms with Crippen molar-refractivity contribution in [2.45, 2.75) is 117 Å². The number of hydrogen-bond acceptors (Lipinski definition) is 2. The minimum atomic E-state index is 0.160. The molecule has 0 bridgehead atoms. The van der Waals surface area contributed by atoms with Gasteiger partial charge in [0.25, 0.3) is 0 Å². The summed E-state index contributed by atoms with van der Waals surface area (Å²) >= 11 is 0. The normalized spacial score (nSPS) is 16.0. The maximum absolute atomic E-state index is 5.59. The molecule has 23 heavy (non-hydrogen) atoms. The zero-order chi connectivity index (χ0) is 18.0. The summed E-state index contributed by atoms with van der Waals surface area (Å²) in [6.07, 6.45) is 14.4. The maximum atomic E-state index is 5.59. The molecule has 0 spiro atoms. The molecule has 3 unspecified atom stereocenters. The van der Waals surface area contributed by atoms with Gasteiger partial charge >= 0.3 is 0 Å². The summed E-state index contributed by atoms with van der Waals surface area (Å²) in [4.78, 5) is 4.82. The fraction of sp³-hybridized carbons (Fsp3) is 0.905. The Morgan fingerprint density at radius 2 is 1.61 bits per heavy atom. The average Bonchev–Trinajstić information content (AvgIpc) is 2.49. The van der Waals surface area contributed by atoms with E-state index in [1.54, 1.807) is 0 Å². The molecule has 0 aliphatic rings. The lowest BCUT2D eigenvalue weighted by Crippen LogP contribution is -2.56. The van der Waals surface area contributed by atoms with Crippen molar-refractivity contribution in [3.63, 3.8) is 0 Å². The van der Waals surface area contributed by atoms with Gasteiger partial charge in [0.15, 0.2) is 0 Å². The summed E-state index contributed by atoms with van der Waals surface area (Å²) in [5, 5.41) is 0. The Morgan fingerprint density at radius 1 is 1.00 bits per heavy atom. The van der Waals surface area contributed by atoms with E-state index in [4.69, 9.17) is 6.42 Å². The van der Waals surface area contributed by atoms with E-state index in [0.29, 0.717) is 18.1 Å². The van der Waals surface area contributed by atoms with Crippen LogP contribution < -0.4 is 0 Å². The SMILES string of the molecule is C#CN(C)C(C)CC(C)(C)N(C(C)CCC)C(CC)CCCC. The van der Waals surface area contributed by atoms with Crippen molar-refractivity contribution in [2.75, 3.05) is 7.05 Å². The maximum Gasteiger partial charge on any atom is 0.0357 e. The lowest BCUT2D eigenvalue weighted by Gasteiger charge is -2.49. The van der Waals surface area contributed by atoms with E-state index in [9.17, 15) is 0 Å². The highest BCUT2D eigenvalue weighted by Gasteiger charge is 2.36. The highest BCUT2D eigenvalue weighted by Crippen LogP contribution is 2.31. The summed E-state index contributed by atoms with van der Waals surface area (Å²) in [7, 11) is 2.02. The van der Waals surface area contributed by atoms with Gasteiger partial charge in [-0.2, -0.15) is 0 Å². The number of rotatable bonds is 12. The summed E-state index contributed by atoms with van der Waals surface area (Å²) in [6.45, 7) is 16.4. The van der Waals surface area contributed by atoms with Gasteiger partial charge < -0.3 is 4.90 Å². The first-order valence-electron chi connectivity index (χ1n) is 9.72. The molecule has 3 atom stereocenters. The molecular weight excluding hydrogens is 280 g/mol. The highest BCUT2D eigenvalue weighted by molar-refractivity contribution is 4.95. The molecule has 0 aliphatic carbocycles. The van der Waals surface area contributed by atoms with Crippen LogP contribution >= 0.6 is 0 Å².